The van der Waals surface area contributed by atoms with Crippen molar-refractivity contribution in [2.45, 2.75) is 56.9 Å². The Hall–Kier alpha value is -0.220. The Labute approximate surface area is 108 Å². The summed E-state index contributed by atoms with van der Waals surface area (Å²) in [5.41, 5.74) is 0. The van der Waals surface area contributed by atoms with Gasteiger partial charge >= 0.3 is 5.97 Å². The predicted molar refractivity (Wildman–Crippen MR) is 71.2 cm³/mol. The van der Waals surface area contributed by atoms with Crippen LogP contribution < -0.4 is 5.32 Å². The van der Waals surface area contributed by atoms with Crippen molar-refractivity contribution in [2.24, 2.45) is 11.8 Å². The van der Waals surface area contributed by atoms with Gasteiger partial charge in [0.1, 0.15) is 6.04 Å². The van der Waals surface area contributed by atoms with E-state index in [-0.39, 0.29) is 10.9 Å². The zero-order chi connectivity index (χ0) is 12.5. The summed E-state index contributed by atoms with van der Waals surface area (Å²) in [6.45, 7) is 4.55. The Balaban J connectivity index is 1.95. The van der Waals surface area contributed by atoms with Gasteiger partial charge in [0.15, 0.2) is 0 Å². The molecule has 0 aromatic rings. The molecule has 0 amide bonds. The van der Waals surface area contributed by atoms with Crippen molar-refractivity contribution in [3.05, 3.63) is 0 Å². The fraction of sp³-hybridized carbons (Fsp3) is 0.923. The monoisotopic (exact) mass is 257 g/mol. The number of thioether (sulfide) groups is 1. The molecule has 1 saturated heterocycles. The summed E-state index contributed by atoms with van der Waals surface area (Å²) in [5, 5.41) is 12.4. The molecule has 1 spiro atoms. The molecule has 17 heavy (non-hydrogen) atoms. The Morgan fingerprint density at radius 2 is 2.35 bits per heavy atom. The maximum absolute atomic E-state index is 11.0. The molecule has 0 bridgehead atoms. The number of hydrogen-bond acceptors (Lipinski definition) is 3. The number of carboxylic acid groups (broad SMARTS) is 1. The van der Waals surface area contributed by atoms with E-state index in [2.05, 4.69) is 19.2 Å². The van der Waals surface area contributed by atoms with Crippen LogP contribution in [0.4, 0.5) is 0 Å². The number of aliphatic carboxylic acids is 1. The molecule has 0 aromatic carbocycles. The molecule has 4 heteroatoms. The molecule has 2 unspecified atom stereocenters. The Kier molecular flexibility index (Phi) is 4.03. The fourth-order valence-corrected chi connectivity index (χ4v) is 4.83. The highest BCUT2D eigenvalue weighted by atomic mass is 32.2. The zero-order valence-corrected chi connectivity index (χ0v) is 11.6. The van der Waals surface area contributed by atoms with Crippen molar-refractivity contribution in [3.8, 4) is 0 Å². The van der Waals surface area contributed by atoms with Gasteiger partial charge in [0.05, 0.1) is 4.87 Å². The van der Waals surface area contributed by atoms with Crippen LogP contribution in [0.2, 0.25) is 0 Å². The topological polar surface area (TPSA) is 49.3 Å². The summed E-state index contributed by atoms with van der Waals surface area (Å²) in [7, 11) is 0. The summed E-state index contributed by atoms with van der Waals surface area (Å²) in [4.78, 5) is 11.1. The van der Waals surface area contributed by atoms with Crippen molar-refractivity contribution >= 4 is 17.7 Å². The first-order chi connectivity index (χ1) is 8.01. The maximum atomic E-state index is 11.0. The van der Waals surface area contributed by atoms with Crippen molar-refractivity contribution < 1.29 is 9.90 Å². The summed E-state index contributed by atoms with van der Waals surface area (Å²) in [5.74, 6) is 1.55. The standard InChI is InChI=1S/C13H23NO2S/c1-9(2)6-10-4-3-5-13(7-10)14-11(8-17-13)12(15)16/h9-11,14H,3-8H2,1-2H3,(H,15,16)/t10?,11-,13?/m0/s1. The fourth-order valence-electron chi connectivity index (χ4n) is 3.25. The van der Waals surface area contributed by atoms with Crippen molar-refractivity contribution in [1.82, 2.24) is 5.32 Å². The molecule has 2 rings (SSSR count). The maximum Gasteiger partial charge on any atom is 0.321 e. The molecule has 1 heterocycles. The average Bonchev–Trinajstić information content (AvgIpc) is 2.61. The molecule has 2 N–H and O–H groups in total. The predicted octanol–water partition coefficient (Wildman–Crippen LogP) is 2.71. The molecule has 2 fully saturated rings. The largest absolute Gasteiger partial charge is 0.480 e. The third-order valence-corrected chi connectivity index (χ3v) is 5.42. The van der Waals surface area contributed by atoms with E-state index in [1.807, 2.05) is 11.8 Å². The zero-order valence-electron chi connectivity index (χ0n) is 10.7. The van der Waals surface area contributed by atoms with E-state index < -0.39 is 5.97 Å². The second-order valence-corrected chi connectivity index (χ2v) is 7.34. The smallest absolute Gasteiger partial charge is 0.321 e. The van der Waals surface area contributed by atoms with E-state index in [9.17, 15) is 4.79 Å². The lowest BCUT2D eigenvalue weighted by Crippen LogP contribution is -2.47. The number of nitrogens with one attached hydrogen (secondary N) is 1. The molecule has 1 saturated carbocycles. The molecule has 0 aromatic heterocycles. The van der Waals surface area contributed by atoms with Gasteiger partial charge in [-0.25, -0.2) is 0 Å². The van der Waals surface area contributed by atoms with E-state index in [0.29, 0.717) is 0 Å². The quantitative estimate of drug-likeness (QED) is 0.816. The molecule has 3 nitrogen and oxygen atoms in total. The molecule has 1 aliphatic carbocycles. The number of carbonyl (C=O) groups is 1. The number of hydrogen-bond donors (Lipinski definition) is 2. The van der Waals surface area contributed by atoms with Gasteiger partial charge in [-0.2, -0.15) is 0 Å². The van der Waals surface area contributed by atoms with Gasteiger partial charge in [-0.3, -0.25) is 10.1 Å². The molecule has 1 aliphatic heterocycles. The third-order valence-electron chi connectivity index (χ3n) is 3.88. The molecule has 98 valence electrons. The molecular weight excluding hydrogens is 234 g/mol. The van der Waals surface area contributed by atoms with Gasteiger partial charge in [-0.05, 0) is 31.1 Å². The van der Waals surface area contributed by atoms with Gasteiger partial charge in [-0.15, -0.1) is 11.8 Å². The van der Waals surface area contributed by atoms with Crippen molar-refractivity contribution in [3.63, 3.8) is 0 Å². The van der Waals surface area contributed by atoms with Gasteiger partial charge in [0.25, 0.3) is 0 Å². The Morgan fingerprint density at radius 3 is 2.94 bits per heavy atom. The van der Waals surface area contributed by atoms with Crippen molar-refractivity contribution in [2.75, 3.05) is 5.75 Å². The van der Waals surface area contributed by atoms with Gasteiger partial charge in [-0.1, -0.05) is 26.7 Å². The Bertz CT molecular complexity index is 295. The first kappa shape index (κ1) is 13.2. The number of carboxylic acids is 1. The van der Waals surface area contributed by atoms with E-state index in [0.717, 1.165) is 30.4 Å². The highest BCUT2D eigenvalue weighted by Gasteiger charge is 2.44. The SMILES string of the molecule is CC(C)CC1CCCC2(C1)N[C@H](C(=O)O)CS2. The Morgan fingerprint density at radius 1 is 1.59 bits per heavy atom. The van der Waals surface area contributed by atoms with E-state index in [1.165, 1.54) is 19.3 Å². The van der Waals surface area contributed by atoms with Crippen LogP contribution in [0.25, 0.3) is 0 Å². The van der Waals surface area contributed by atoms with Gasteiger partial charge < -0.3 is 5.11 Å². The van der Waals surface area contributed by atoms with Crippen LogP contribution in [-0.4, -0.2) is 27.7 Å². The molecule has 3 atom stereocenters. The lowest BCUT2D eigenvalue weighted by Gasteiger charge is -2.38. The average molecular weight is 257 g/mol. The highest BCUT2D eigenvalue weighted by Crippen LogP contribution is 2.45. The second-order valence-electron chi connectivity index (χ2n) is 5.93. The number of rotatable bonds is 3. The van der Waals surface area contributed by atoms with Crippen molar-refractivity contribution in [1.29, 1.82) is 0 Å². The summed E-state index contributed by atoms with van der Waals surface area (Å²) in [6.07, 6.45) is 6.13. The summed E-state index contributed by atoms with van der Waals surface area (Å²) in [6, 6.07) is -0.335. The van der Waals surface area contributed by atoms with Crippen LogP contribution in [0.15, 0.2) is 0 Å². The first-order valence-corrected chi connectivity index (χ1v) is 7.64. The summed E-state index contributed by atoms with van der Waals surface area (Å²) < 4.78 is 0. The van der Waals surface area contributed by atoms with Gasteiger partial charge in [0, 0.05) is 5.75 Å². The van der Waals surface area contributed by atoms with E-state index in [1.54, 1.807) is 0 Å². The van der Waals surface area contributed by atoms with Gasteiger partial charge in [0.2, 0.25) is 0 Å². The first-order valence-electron chi connectivity index (χ1n) is 6.65. The van der Waals surface area contributed by atoms with Crippen LogP contribution >= 0.6 is 11.8 Å². The minimum absolute atomic E-state index is 0.0703. The third kappa shape index (κ3) is 3.16. The normalized spacial score (nSPS) is 37.8. The van der Waals surface area contributed by atoms with E-state index in [4.69, 9.17) is 5.11 Å². The van der Waals surface area contributed by atoms with Crippen LogP contribution in [-0.2, 0) is 4.79 Å². The second kappa shape index (κ2) is 5.19. The minimum atomic E-state index is -0.694. The lowest BCUT2D eigenvalue weighted by atomic mass is 9.80. The van der Waals surface area contributed by atoms with E-state index >= 15 is 0 Å². The van der Waals surface area contributed by atoms with Crippen LogP contribution in [0, 0.1) is 11.8 Å². The van der Waals surface area contributed by atoms with Crippen LogP contribution in [0.5, 0.6) is 0 Å². The minimum Gasteiger partial charge on any atom is -0.480 e. The van der Waals surface area contributed by atoms with Crippen LogP contribution in [0.3, 0.4) is 0 Å². The molecule has 2 aliphatic rings. The molecular formula is C13H23NO2S. The van der Waals surface area contributed by atoms with Crippen LogP contribution in [0.1, 0.15) is 46.0 Å². The summed E-state index contributed by atoms with van der Waals surface area (Å²) >= 11 is 1.84. The molecule has 0 radical (unpaired) electrons. The highest BCUT2D eigenvalue weighted by molar-refractivity contribution is 8.00. The lowest BCUT2D eigenvalue weighted by molar-refractivity contribution is -0.139.